The minimum absolute atomic E-state index is 0.146. The Balaban J connectivity index is 1.80. The number of carbonyl (C=O) groups excluding carboxylic acids is 1. The van der Waals surface area contributed by atoms with Crippen LogP contribution in [0.5, 0.6) is 0 Å². The highest BCUT2D eigenvalue weighted by atomic mass is 32.2. The van der Waals surface area contributed by atoms with Crippen LogP contribution in [0, 0.1) is 0 Å². The van der Waals surface area contributed by atoms with E-state index in [9.17, 15) is 9.59 Å². The number of rotatable bonds is 4. The zero-order valence-corrected chi connectivity index (χ0v) is 17.4. The van der Waals surface area contributed by atoms with E-state index >= 15 is 0 Å². The van der Waals surface area contributed by atoms with E-state index in [0.717, 1.165) is 53.4 Å². The molecule has 5 nitrogen and oxygen atoms in total. The highest BCUT2D eigenvalue weighted by molar-refractivity contribution is 8.12. The van der Waals surface area contributed by atoms with Crippen LogP contribution in [0.1, 0.15) is 74.0 Å². The number of nitrogens with zero attached hydrogens (tertiary/aromatic N) is 2. The van der Waals surface area contributed by atoms with Crippen LogP contribution in [-0.2, 0) is 23.3 Å². The van der Waals surface area contributed by atoms with Gasteiger partial charge in [-0.05, 0) is 62.8 Å². The van der Waals surface area contributed by atoms with Gasteiger partial charge in [0, 0.05) is 22.1 Å². The molecule has 0 N–H and O–H groups in total. The van der Waals surface area contributed by atoms with E-state index in [1.807, 2.05) is 4.57 Å². The fourth-order valence-corrected chi connectivity index (χ4v) is 6.52. The van der Waals surface area contributed by atoms with Crippen molar-refractivity contribution in [1.29, 1.82) is 0 Å². The second-order valence-corrected chi connectivity index (χ2v) is 9.36. The Morgan fingerprint density at radius 1 is 1.22 bits per heavy atom. The second-order valence-electron chi connectivity index (χ2n) is 7.37. The number of fused-ring (bicyclic) bond motifs is 3. The molecule has 0 bridgehead atoms. The van der Waals surface area contributed by atoms with Gasteiger partial charge in [-0.3, -0.25) is 4.57 Å². The smallest absolute Gasteiger partial charge is 0.367 e. The van der Waals surface area contributed by atoms with Crippen LogP contribution >= 0.6 is 23.1 Å². The van der Waals surface area contributed by atoms with E-state index in [1.165, 1.54) is 42.5 Å². The van der Waals surface area contributed by atoms with Crippen LogP contribution in [0.3, 0.4) is 0 Å². The maximum Gasteiger partial charge on any atom is 0.367 e. The standard InChI is InChI=1S/C20H26N2O3S2/c1-2-25-20(24)26-12-15-17-14-10-6-7-11-16(14)27-18(17)22(19(23)21-15)13-8-4-3-5-9-13/h13H,2-12H2,1H3. The first-order valence-electron chi connectivity index (χ1n) is 10.0. The Labute approximate surface area is 167 Å². The van der Waals surface area contributed by atoms with Crippen LogP contribution in [0.4, 0.5) is 4.79 Å². The predicted molar refractivity (Wildman–Crippen MR) is 111 cm³/mol. The molecule has 0 aromatic carbocycles. The van der Waals surface area contributed by atoms with Gasteiger partial charge in [0.25, 0.3) is 0 Å². The van der Waals surface area contributed by atoms with Gasteiger partial charge in [-0.2, -0.15) is 4.98 Å². The van der Waals surface area contributed by atoms with E-state index in [0.29, 0.717) is 12.4 Å². The van der Waals surface area contributed by atoms with Gasteiger partial charge >= 0.3 is 11.0 Å². The second kappa shape index (κ2) is 8.35. The molecule has 4 rings (SSSR count). The van der Waals surface area contributed by atoms with Gasteiger partial charge in [0.15, 0.2) is 0 Å². The van der Waals surface area contributed by atoms with Crippen molar-refractivity contribution in [3.8, 4) is 0 Å². The third kappa shape index (κ3) is 3.81. The maximum atomic E-state index is 13.0. The van der Waals surface area contributed by atoms with Gasteiger partial charge in [0.1, 0.15) is 4.83 Å². The van der Waals surface area contributed by atoms with E-state index < -0.39 is 0 Å². The van der Waals surface area contributed by atoms with Crippen molar-refractivity contribution < 1.29 is 9.53 Å². The fraction of sp³-hybridized carbons (Fsp3) is 0.650. The molecule has 1 fully saturated rings. The van der Waals surface area contributed by atoms with Crippen LogP contribution in [0.25, 0.3) is 10.2 Å². The third-order valence-corrected chi connectivity index (χ3v) is 7.69. The zero-order valence-electron chi connectivity index (χ0n) is 15.8. The minimum Gasteiger partial charge on any atom is -0.458 e. The molecule has 2 aromatic rings. The largest absolute Gasteiger partial charge is 0.458 e. The van der Waals surface area contributed by atoms with Crippen LogP contribution in [-0.4, -0.2) is 21.5 Å². The summed E-state index contributed by atoms with van der Waals surface area (Å²) in [5.41, 5.74) is 1.99. The SMILES string of the molecule is CCOC(=O)SCc1nc(=O)n(C2CCCCC2)c2sc3c(c12)CCCC3. The molecule has 2 aromatic heterocycles. The first kappa shape index (κ1) is 19.0. The molecular weight excluding hydrogens is 380 g/mol. The molecule has 0 spiro atoms. The number of hydrogen-bond acceptors (Lipinski definition) is 6. The molecule has 0 unspecified atom stereocenters. The lowest BCUT2D eigenvalue weighted by molar-refractivity contribution is 0.181. The maximum absolute atomic E-state index is 13.0. The van der Waals surface area contributed by atoms with E-state index in [-0.39, 0.29) is 17.0 Å². The highest BCUT2D eigenvalue weighted by Gasteiger charge is 2.26. The number of ether oxygens (including phenoxy) is 1. The number of carbonyl (C=O) groups is 1. The summed E-state index contributed by atoms with van der Waals surface area (Å²) in [6, 6.07) is 0.271. The molecule has 0 atom stereocenters. The molecule has 0 saturated heterocycles. The lowest BCUT2D eigenvalue weighted by Crippen LogP contribution is -2.29. The average molecular weight is 407 g/mol. The molecule has 0 aliphatic heterocycles. The zero-order chi connectivity index (χ0) is 18.8. The molecule has 2 heterocycles. The Morgan fingerprint density at radius 2 is 2.00 bits per heavy atom. The van der Waals surface area contributed by atoms with E-state index in [1.54, 1.807) is 18.3 Å². The Kier molecular flexibility index (Phi) is 5.88. The average Bonchev–Trinajstić information content (AvgIpc) is 3.06. The van der Waals surface area contributed by atoms with Crippen LogP contribution in [0.15, 0.2) is 4.79 Å². The summed E-state index contributed by atoms with van der Waals surface area (Å²) in [5, 5.41) is 0.852. The van der Waals surface area contributed by atoms with Crippen molar-refractivity contribution in [1.82, 2.24) is 9.55 Å². The third-order valence-electron chi connectivity index (χ3n) is 5.63. The molecule has 1 saturated carbocycles. The Bertz CT molecular complexity index is 897. The molecule has 27 heavy (non-hydrogen) atoms. The number of hydrogen-bond donors (Lipinski definition) is 0. The van der Waals surface area contributed by atoms with Crippen molar-refractivity contribution in [3.05, 3.63) is 26.6 Å². The van der Waals surface area contributed by atoms with Gasteiger partial charge in [-0.15, -0.1) is 11.3 Å². The summed E-state index contributed by atoms with van der Waals surface area (Å²) in [6.07, 6.45) is 10.3. The monoisotopic (exact) mass is 406 g/mol. The van der Waals surface area contributed by atoms with Crippen LogP contribution in [0.2, 0.25) is 0 Å². The molecular formula is C20H26N2O3S2. The predicted octanol–water partition coefficient (Wildman–Crippen LogP) is 5.23. The first-order chi connectivity index (χ1) is 13.2. The van der Waals surface area contributed by atoms with Crippen molar-refractivity contribution >= 4 is 38.6 Å². The van der Waals surface area contributed by atoms with Crippen molar-refractivity contribution in [2.75, 3.05) is 6.61 Å². The molecule has 7 heteroatoms. The van der Waals surface area contributed by atoms with E-state index in [4.69, 9.17) is 4.74 Å². The Hall–Kier alpha value is -1.34. The highest BCUT2D eigenvalue weighted by Crippen LogP contribution is 2.40. The van der Waals surface area contributed by atoms with E-state index in [2.05, 4.69) is 4.98 Å². The lowest BCUT2D eigenvalue weighted by atomic mass is 9.94. The number of aromatic nitrogens is 2. The summed E-state index contributed by atoms with van der Waals surface area (Å²) in [4.78, 5) is 31.8. The summed E-state index contributed by atoms with van der Waals surface area (Å²) < 4.78 is 7.02. The van der Waals surface area contributed by atoms with Crippen molar-refractivity contribution in [3.63, 3.8) is 0 Å². The van der Waals surface area contributed by atoms with Crippen molar-refractivity contribution in [2.45, 2.75) is 76.5 Å². The molecule has 146 valence electrons. The topological polar surface area (TPSA) is 61.2 Å². The summed E-state index contributed by atoms with van der Waals surface area (Å²) >= 11 is 2.90. The Morgan fingerprint density at radius 3 is 2.78 bits per heavy atom. The van der Waals surface area contributed by atoms with Gasteiger partial charge < -0.3 is 4.74 Å². The molecule has 0 amide bonds. The quantitative estimate of drug-likeness (QED) is 0.651. The van der Waals surface area contributed by atoms with Crippen molar-refractivity contribution in [2.24, 2.45) is 0 Å². The van der Waals surface area contributed by atoms with Crippen LogP contribution < -0.4 is 5.69 Å². The van der Waals surface area contributed by atoms with Gasteiger partial charge in [0.05, 0.1) is 12.3 Å². The van der Waals surface area contributed by atoms with Gasteiger partial charge in [-0.1, -0.05) is 19.3 Å². The summed E-state index contributed by atoms with van der Waals surface area (Å²) in [5.74, 6) is 0.402. The molecule has 0 radical (unpaired) electrons. The van der Waals surface area contributed by atoms with Gasteiger partial charge in [-0.25, -0.2) is 9.59 Å². The molecule has 2 aliphatic rings. The number of thioether (sulfide) groups is 1. The minimum atomic E-state index is -0.298. The normalized spacial score (nSPS) is 17.8. The number of thiophene rings is 1. The summed E-state index contributed by atoms with van der Waals surface area (Å²) in [7, 11) is 0. The molecule has 2 aliphatic carbocycles. The summed E-state index contributed by atoms with van der Waals surface area (Å²) in [6.45, 7) is 2.17. The fourth-order valence-electron chi connectivity index (χ4n) is 4.38. The van der Waals surface area contributed by atoms with Gasteiger partial charge in [0.2, 0.25) is 0 Å². The first-order valence-corrected chi connectivity index (χ1v) is 11.8. The lowest BCUT2D eigenvalue weighted by Gasteiger charge is -2.24. The number of aryl methyl sites for hydroxylation is 2.